The van der Waals surface area contributed by atoms with Crippen molar-refractivity contribution in [1.29, 1.82) is 0 Å². The van der Waals surface area contributed by atoms with Gasteiger partial charge in [0, 0.05) is 25.6 Å². The van der Waals surface area contributed by atoms with Crippen molar-refractivity contribution in [2.75, 3.05) is 13.2 Å². The van der Waals surface area contributed by atoms with Gasteiger partial charge in [-0.2, -0.15) is 0 Å². The molecule has 1 amide bonds. The Kier molecular flexibility index (Phi) is 6.33. The average molecular weight is 372 g/mol. The van der Waals surface area contributed by atoms with Gasteiger partial charge in [0.2, 0.25) is 5.91 Å². The molecule has 1 saturated heterocycles. The van der Waals surface area contributed by atoms with Gasteiger partial charge in [-0.05, 0) is 68.6 Å². The Morgan fingerprint density at radius 3 is 2.63 bits per heavy atom. The molecule has 4 nitrogen and oxygen atoms in total. The molecule has 1 atom stereocenters. The average Bonchev–Trinajstić information content (AvgIpc) is 3.42. The predicted octanol–water partition coefficient (Wildman–Crippen LogP) is 4.71. The molecule has 4 rings (SSSR count). The highest BCUT2D eigenvalue weighted by atomic mass is 16.5. The Hall–Kier alpha value is -1.55. The smallest absolute Gasteiger partial charge is 0.223 e. The number of nitrogens with zero attached hydrogens (tertiary/aromatic N) is 1. The lowest BCUT2D eigenvalue weighted by Crippen LogP contribution is -2.33. The Balaban J connectivity index is 1.33. The molecule has 1 heterocycles. The molecular weight excluding hydrogens is 338 g/mol. The zero-order valence-electron chi connectivity index (χ0n) is 16.4. The van der Waals surface area contributed by atoms with E-state index in [-0.39, 0.29) is 6.10 Å². The highest BCUT2D eigenvalue weighted by Crippen LogP contribution is 2.33. The number of amides is 1. The molecule has 3 aliphatic rings. The molecule has 1 aliphatic heterocycles. The lowest BCUT2D eigenvalue weighted by atomic mass is 10.0. The van der Waals surface area contributed by atoms with Gasteiger partial charge in [-0.25, -0.2) is 0 Å². The minimum Gasteiger partial charge on any atom is -0.491 e. The van der Waals surface area contributed by atoms with Crippen molar-refractivity contribution in [2.45, 2.75) is 82.9 Å². The fourth-order valence-electron chi connectivity index (χ4n) is 4.44. The van der Waals surface area contributed by atoms with E-state index in [1.165, 1.54) is 37.7 Å². The van der Waals surface area contributed by atoms with Gasteiger partial charge >= 0.3 is 0 Å². The maximum atomic E-state index is 12.9. The summed E-state index contributed by atoms with van der Waals surface area (Å²) in [6.07, 6.45) is 11.8. The highest BCUT2D eigenvalue weighted by molar-refractivity contribution is 5.77. The van der Waals surface area contributed by atoms with E-state index >= 15 is 0 Å². The predicted molar refractivity (Wildman–Crippen MR) is 106 cm³/mol. The van der Waals surface area contributed by atoms with Gasteiger partial charge in [-0.3, -0.25) is 4.79 Å². The lowest BCUT2D eigenvalue weighted by Gasteiger charge is -2.25. The fraction of sp³-hybridized carbons (Fsp3) is 0.696. The second-order valence-electron chi connectivity index (χ2n) is 8.55. The summed E-state index contributed by atoms with van der Waals surface area (Å²) in [5.41, 5.74) is 1.17. The van der Waals surface area contributed by atoms with Gasteiger partial charge in [0.05, 0.1) is 6.10 Å². The van der Waals surface area contributed by atoms with E-state index < -0.39 is 0 Å². The Morgan fingerprint density at radius 1 is 1.07 bits per heavy atom. The summed E-state index contributed by atoms with van der Waals surface area (Å²) >= 11 is 0. The van der Waals surface area contributed by atoms with Gasteiger partial charge in [0.25, 0.3) is 0 Å². The number of hydrogen-bond donors (Lipinski definition) is 0. The molecule has 0 N–H and O–H groups in total. The van der Waals surface area contributed by atoms with Crippen LogP contribution in [0.15, 0.2) is 24.3 Å². The number of benzene rings is 1. The maximum Gasteiger partial charge on any atom is 0.223 e. The lowest BCUT2D eigenvalue weighted by molar-refractivity contribution is -0.133. The van der Waals surface area contributed by atoms with Crippen molar-refractivity contribution < 1.29 is 14.3 Å². The van der Waals surface area contributed by atoms with Crippen LogP contribution in [0.3, 0.4) is 0 Å². The van der Waals surface area contributed by atoms with E-state index in [1.54, 1.807) is 0 Å². The molecule has 2 aliphatic carbocycles. The SMILES string of the molecule is O=C(CC1CCCC1)N(Cc1cccc(OC[C@H]2CCCCO2)c1)C1CC1. The van der Waals surface area contributed by atoms with Crippen molar-refractivity contribution in [3.05, 3.63) is 29.8 Å². The van der Waals surface area contributed by atoms with Crippen LogP contribution in [0.2, 0.25) is 0 Å². The summed E-state index contributed by atoms with van der Waals surface area (Å²) in [7, 11) is 0. The minimum absolute atomic E-state index is 0.221. The van der Waals surface area contributed by atoms with Crippen molar-refractivity contribution >= 4 is 5.91 Å². The molecule has 0 unspecified atom stereocenters. The first-order valence-corrected chi connectivity index (χ1v) is 10.9. The first-order chi connectivity index (χ1) is 13.3. The third-order valence-corrected chi connectivity index (χ3v) is 6.21. The number of hydrogen-bond acceptors (Lipinski definition) is 3. The van der Waals surface area contributed by atoms with E-state index in [2.05, 4.69) is 17.0 Å². The molecule has 27 heavy (non-hydrogen) atoms. The first-order valence-electron chi connectivity index (χ1n) is 10.9. The van der Waals surface area contributed by atoms with Gasteiger partial charge in [-0.1, -0.05) is 25.0 Å². The molecule has 1 aromatic carbocycles. The second kappa shape index (κ2) is 9.09. The molecule has 0 aromatic heterocycles. The Bertz CT molecular complexity index is 616. The third-order valence-electron chi connectivity index (χ3n) is 6.21. The van der Waals surface area contributed by atoms with Gasteiger partial charge in [0.15, 0.2) is 0 Å². The van der Waals surface area contributed by atoms with Crippen molar-refractivity contribution in [3.8, 4) is 5.75 Å². The van der Waals surface area contributed by atoms with E-state index in [9.17, 15) is 4.79 Å². The quantitative estimate of drug-likeness (QED) is 0.664. The number of carbonyl (C=O) groups excluding carboxylic acids is 1. The maximum absolute atomic E-state index is 12.9. The largest absolute Gasteiger partial charge is 0.491 e. The molecular formula is C23H33NO3. The summed E-state index contributed by atoms with van der Waals surface area (Å²) < 4.78 is 11.7. The molecule has 0 radical (unpaired) electrons. The normalized spacial score (nSPS) is 23.3. The van der Waals surface area contributed by atoms with Crippen LogP contribution in [0, 0.1) is 5.92 Å². The first kappa shape index (κ1) is 18.8. The van der Waals surface area contributed by atoms with Gasteiger partial charge in [0.1, 0.15) is 12.4 Å². The Labute approximate surface area is 163 Å². The molecule has 3 fully saturated rings. The summed E-state index contributed by atoms with van der Waals surface area (Å²) in [5, 5.41) is 0. The zero-order chi connectivity index (χ0) is 18.5. The molecule has 4 heteroatoms. The number of ether oxygens (including phenoxy) is 2. The zero-order valence-corrected chi connectivity index (χ0v) is 16.4. The third kappa shape index (κ3) is 5.47. The highest BCUT2D eigenvalue weighted by Gasteiger charge is 2.33. The van der Waals surface area contributed by atoms with Crippen LogP contribution in [0.1, 0.15) is 69.8 Å². The van der Waals surface area contributed by atoms with Crippen molar-refractivity contribution in [3.63, 3.8) is 0 Å². The van der Waals surface area contributed by atoms with Crippen LogP contribution in [-0.2, 0) is 16.1 Å². The van der Waals surface area contributed by atoms with Crippen LogP contribution in [0.5, 0.6) is 5.75 Å². The number of rotatable bonds is 8. The van der Waals surface area contributed by atoms with Gasteiger partial charge < -0.3 is 14.4 Å². The van der Waals surface area contributed by atoms with Crippen LogP contribution in [-0.4, -0.2) is 36.2 Å². The topological polar surface area (TPSA) is 38.8 Å². The molecule has 2 saturated carbocycles. The van der Waals surface area contributed by atoms with Crippen LogP contribution >= 0.6 is 0 Å². The van der Waals surface area contributed by atoms with E-state index in [0.717, 1.165) is 44.5 Å². The molecule has 1 aromatic rings. The van der Waals surface area contributed by atoms with E-state index in [1.807, 2.05) is 12.1 Å². The van der Waals surface area contributed by atoms with Gasteiger partial charge in [-0.15, -0.1) is 0 Å². The monoisotopic (exact) mass is 371 g/mol. The molecule has 0 spiro atoms. The summed E-state index contributed by atoms with van der Waals surface area (Å²) in [6, 6.07) is 8.72. The molecule has 0 bridgehead atoms. The van der Waals surface area contributed by atoms with Crippen LogP contribution < -0.4 is 4.74 Å². The van der Waals surface area contributed by atoms with E-state index in [0.29, 0.717) is 31.0 Å². The van der Waals surface area contributed by atoms with E-state index in [4.69, 9.17) is 9.47 Å². The number of carbonyl (C=O) groups is 1. The minimum atomic E-state index is 0.221. The standard InChI is InChI=1S/C23H33NO3/c25-23(15-18-6-1-2-7-18)24(20-11-12-20)16-19-8-5-10-21(14-19)27-17-22-9-3-4-13-26-22/h5,8,10,14,18,20,22H,1-4,6-7,9,11-13,15-17H2/t22-/m1/s1. The Morgan fingerprint density at radius 2 is 1.89 bits per heavy atom. The van der Waals surface area contributed by atoms with Crippen LogP contribution in [0.25, 0.3) is 0 Å². The van der Waals surface area contributed by atoms with Crippen molar-refractivity contribution in [1.82, 2.24) is 4.90 Å². The summed E-state index contributed by atoms with van der Waals surface area (Å²) in [6.45, 7) is 2.19. The summed E-state index contributed by atoms with van der Waals surface area (Å²) in [5.74, 6) is 1.86. The molecule has 148 valence electrons. The van der Waals surface area contributed by atoms with Crippen LogP contribution in [0.4, 0.5) is 0 Å². The van der Waals surface area contributed by atoms with Crippen molar-refractivity contribution in [2.24, 2.45) is 5.92 Å². The second-order valence-corrected chi connectivity index (χ2v) is 8.55. The summed E-state index contributed by atoms with van der Waals surface area (Å²) in [4.78, 5) is 15.0. The fourth-order valence-corrected chi connectivity index (χ4v) is 4.44.